The summed E-state index contributed by atoms with van der Waals surface area (Å²) in [6.45, 7) is -1.02. The molecule has 1 fully saturated rings. The lowest BCUT2D eigenvalue weighted by Gasteiger charge is -2.19. The zero-order valence-electron chi connectivity index (χ0n) is 14.8. The molecule has 174 valence electrons. The van der Waals surface area contributed by atoms with Crippen molar-refractivity contribution in [2.45, 2.75) is 24.5 Å². The van der Waals surface area contributed by atoms with Crippen LogP contribution in [0.5, 0.6) is 0 Å². The Morgan fingerprint density at radius 1 is 1.10 bits per heavy atom. The summed E-state index contributed by atoms with van der Waals surface area (Å²) in [6.07, 6.45) is -4.12. The van der Waals surface area contributed by atoms with Gasteiger partial charge in [0.2, 0.25) is 0 Å². The van der Waals surface area contributed by atoms with E-state index >= 15 is 0 Å². The predicted octanol–water partition coefficient (Wildman–Crippen LogP) is -1.92. The van der Waals surface area contributed by atoms with Crippen LogP contribution in [-0.2, 0) is 31.6 Å². The normalized spacial score (nSPS) is 28.5. The highest BCUT2D eigenvalue weighted by Crippen LogP contribution is 2.66. The third kappa shape index (κ3) is 5.91. The van der Waals surface area contributed by atoms with Gasteiger partial charge in [0.05, 0.1) is 12.9 Å². The highest BCUT2D eigenvalue weighted by Gasteiger charge is 2.46. The molecule has 3 heterocycles. The predicted molar refractivity (Wildman–Crippen MR) is 93.9 cm³/mol. The molecular formula is C10H15N4O14P3. The Bertz CT molecular complexity index is 1160. The molecule has 1 aliphatic heterocycles. The van der Waals surface area contributed by atoms with Crippen LogP contribution >= 0.6 is 23.5 Å². The Balaban J connectivity index is 1.69. The van der Waals surface area contributed by atoms with Crippen molar-refractivity contribution in [2.75, 3.05) is 6.61 Å². The van der Waals surface area contributed by atoms with Gasteiger partial charge in [-0.1, -0.05) is 0 Å². The van der Waals surface area contributed by atoms with Gasteiger partial charge in [0.25, 0.3) is 0 Å². The molecule has 0 radical (unpaired) electrons. The summed E-state index contributed by atoms with van der Waals surface area (Å²) in [5.74, 6) is 0. The van der Waals surface area contributed by atoms with Crippen molar-refractivity contribution in [2.24, 2.45) is 0 Å². The first-order valence-corrected chi connectivity index (χ1v) is 12.4. The molecule has 0 bridgehead atoms. The van der Waals surface area contributed by atoms with Crippen LogP contribution in [0, 0.1) is 0 Å². The second kappa shape index (κ2) is 8.53. The molecule has 21 heteroatoms. The molecule has 0 aliphatic carbocycles. The number of aromatic amines is 1. The highest BCUT2D eigenvalue weighted by atomic mass is 31.3. The topological polar surface area (TPSA) is 273 Å². The van der Waals surface area contributed by atoms with E-state index in [-0.39, 0.29) is 11.2 Å². The van der Waals surface area contributed by atoms with Gasteiger partial charge in [-0.3, -0.25) is 9.09 Å². The fourth-order valence-electron chi connectivity index (χ4n) is 2.57. The average molecular weight is 508 g/mol. The Morgan fingerprint density at radius 2 is 1.77 bits per heavy atom. The lowest BCUT2D eigenvalue weighted by atomic mass is 10.1. The van der Waals surface area contributed by atoms with E-state index in [0.717, 1.165) is 4.57 Å². The van der Waals surface area contributed by atoms with Crippen molar-refractivity contribution >= 4 is 34.6 Å². The smallest absolute Gasteiger partial charge is 0.387 e. The summed E-state index contributed by atoms with van der Waals surface area (Å²) < 4.78 is 51.2. The Morgan fingerprint density at radius 3 is 2.42 bits per heavy atom. The molecular weight excluding hydrogens is 493 g/mol. The number of hydrogen-bond donors (Lipinski definition) is 7. The van der Waals surface area contributed by atoms with Gasteiger partial charge in [-0.15, -0.1) is 0 Å². The van der Waals surface area contributed by atoms with Crippen molar-refractivity contribution in [3.05, 3.63) is 23.0 Å². The third-order valence-corrected chi connectivity index (χ3v) is 7.57. The summed E-state index contributed by atoms with van der Waals surface area (Å²) in [4.78, 5) is 57.7. The average Bonchev–Trinajstić information content (AvgIpc) is 3.14. The molecule has 6 atom stereocenters. The number of rotatable bonds is 8. The number of fused-ring (bicyclic) bond motifs is 1. The van der Waals surface area contributed by atoms with E-state index in [4.69, 9.17) is 19.4 Å². The van der Waals surface area contributed by atoms with Crippen molar-refractivity contribution in [1.82, 2.24) is 19.5 Å². The van der Waals surface area contributed by atoms with E-state index in [1.54, 1.807) is 0 Å². The van der Waals surface area contributed by atoms with Crippen LogP contribution < -0.4 is 5.69 Å². The lowest BCUT2D eigenvalue weighted by molar-refractivity contribution is -0.0539. The van der Waals surface area contributed by atoms with Gasteiger partial charge in [-0.2, -0.15) is 13.6 Å². The molecule has 3 rings (SSSR count). The van der Waals surface area contributed by atoms with Crippen molar-refractivity contribution < 1.29 is 61.4 Å². The zero-order chi connectivity index (χ0) is 23.2. The molecule has 3 unspecified atom stereocenters. The number of nitrogens with one attached hydrogen (secondary N) is 1. The number of H-pyrrole nitrogens is 1. The minimum atomic E-state index is -5.73. The molecule has 0 spiro atoms. The zero-order valence-corrected chi connectivity index (χ0v) is 17.5. The minimum Gasteiger partial charge on any atom is -0.387 e. The fraction of sp³-hybridized carbons (Fsp3) is 0.500. The number of imidazole rings is 1. The van der Waals surface area contributed by atoms with Crippen LogP contribution in [0.2, 0.25) is 0 Å². The Labute approximate surface area is 170 Å². The third-order valence-electron chi connectivity index (χ3n) is 3.77. The van der Waals surface area contributed by atoms with Gasteiger partial charge in [0.15, 0.2) is 11.9 Å². The number of ether oxygens (including phenoxy) is 1. The maximum absolute atomic E-state index is 12.1. The summed E-state index contributed by atoms with van der Waals surface area (Å²) in [5, 5.41) is 20.3. The van der Waals surface area contributed by atoms with E-state index in [9.17, 15) is 33.6 Å². The first-order valence-electron chi connectivity index (χ1n) is 7.90. The number of aromatic nitrogens is 4. The Kier molecular flexibility index (Phi) is 6.68. The van der Waals surface area contributed by atoms with Crippen LogP contribution in [0.25, 0.3) is 11.2 Å². The lowest BCUT2D eigenvalue weighted by Crippen LogP contribution is -2.36. The molecule has 1 saturated heterocycles. The van der Waals surface area contributed by atoms with E-state index in [1.807, 2.05) is 0 Å². The van der Waals surface area contributed by atoms with Gasteiger partial charge in [0.1, 0.15) is 23.8 Å². The van der Waals surface area contributed by atoms with Gasteiger partial charge in [0, 0.05) is 6.20 Å². The monoisotopic (exact) mass is 508 g/mol. The van der Waals surface area contributed by atoms with Crippen molar-refractivity contribution in [3.63, 3.8) is 0 Å². The largest absolute Gasteiger partial charge is 0.490 e. The number of phosphoric acid groups is 3. The van der Waals surface area contributed by atoms with Crippen LogP contribution in [0.15, 0.2) is 17.3 Å². The molecule has 2 aromatic heterocycles. The second-order valence-corrected chi connectivity index (χ2v) is 10.4. The molecule has 2 aromatic rings. The van der Waals surface area contributed by atoms with Gasteiger partial charge in [-0.05, 0) is 0 Å². The molecule has 31 heavy (non-hydrogen) atoms. The molecule has 0 aromatic carbocycles. The van der Waals surface area contributed by atoms with E-state index in [0.29, 0.717) is 0 Å². The summed E-state index contributed by atoms with van der Waals surface area (Å²) in [6, 6.07) is 0. The number of hydrogen-bond acceptors (Lipinski definition) is 12. The van der Waals surface area contributed by atoms with E-state index in [1.165, 1.54) is 12.5 Å². The number of aliphatic hydroxyl groups excluding tert-OH is 2. The minimum absolute atomic E-state index is 0.151. The molecule has 0 saturated carbocycles. The molecule has 0 amide bonds. The van der Waals surface area contributed by atoms with Crippen LogP contribution in [0.4, 0.5) is 0 Å². The molecule has 18 nitrogen and oxygen atoms in total. The van der Waals surface area contributed by atoms with Crippen molar-refractivity contribution in [1.29, 1.82) is 0 Å². The maximum Gasteiger partial charge on any atom is 0.490 e. The van der Waals surface area contributed by atoms with Crippen LogP contribution in [0.3, 0.4) is 0 Å². The molecule has 1 aliphatic rings. The number of phosphoric ester groups is 1. The fourth-order valence-corrected chi connectivity index (χ4v) is 5.60. The SMILES string of the molecule is O=c1nc2[nH]cnc2cn1[C@@H]1O[C@H](COP(=O)(O)OP(=O)(O)OP(=O)(O)O)C(O)[C@@H]1O. The van der Waals surface area contributed by atoms with Crippen LogP contribution in [0.1, 0.15) is 6.23 Å². The van der Waals surface area contributed by atoms with E-state index in [2.05, 4.69) is 28.1 Å². The first kappa shape index (κ1) is 24.3. The molecule has 7 N–H and O–H groups in total. The summed E-state index contributed by atoms with van der Waals surface area (Å²) >= 11 is 0. The summed E-state index contributed by atoms with van der Waals surface area (Å²) in [5.41, 5.74) is -0.512. The van der Waals surface area contributed by atoms with Crippen molar-refractivity contribution in [3.8, 4) is 0 Å². The quantitative estimate of drug-likeness (QED) is 0.191. The van der Waals surface area contributed by atoms with Gasteiger partial charge in [-0.25, -0.2) is 23.5 Å². The van der Waals surface area contributed by atoms with E-state index < -0.39 is 60.3 Å². The standard InChI is InChI=1S/C10H15N4O14P3/c15-6-5(2-25-30(21,22)28-31(23,24)27-29(18,19)20)26-9(7(6)16)14-1-4-8(12-3-11-4)13-10(14)17/h1,3,5-7,9,15-16H,2H2,(H,21,22)(H,23,24)(H2,18,19,20)(H,11,12,13,17)/t5-,6?,7+,9-/m1/s1. The van der Waals surface area contributed by atoms with Gasteiger partial charge >= 0.3 is 29.2 Å². The summed E-state index contributed by atoms with van der Waals surface area (Å²) in [7, 11) is -16.8. The Hall–Kier alpha value is -1.36. The first-order chi connectivity index (χ1) is 14.2. The van der Waals surface area contributed by atoms with Crippen LogP contribution in [-0.4, -0.2) is 74.2 Å². The van der Waals surface area contributed by atoms with Gasteiger partial charge < -0.3 is 39.5 Å². The number of aliphatic hydroxyl groups is 2. The second-order valence-electron chi connectivity index (χ2n) is 6.00. The number of nitrogens with zero attached hydrogens (tertiary/aromatic N) is 3. The maximum atomic E-state index is 12.1. The highest BCUT2D eigenvalue weighted by molar-refractivity contribution is 7.66.